The van der Waals surface area contributed by atoms with Crippen LogP contribution in [0.25, 0.3) is 5.69 Å². The van der Waals surface area contributed by atoms with E-state index in [4.69, 9.17) is 0 Å². The molecule has 2 fully saturated rings. The lowest BCUT2D eigenvalue weighted by molar-refractivity contribution is 0.0513. The fraction of sp³-hybridized carbons (Fsp3) is 0.450. The Kier molecular flexibility index (Phi) is 4.38. The molecule has 1 saturated carbocycles. The van der Waals surface area contributed by atoms with Crippen molar-refractivity contribution < 1.29 is 4.79 Å². The summed E-state index contributed by atoms with van der Waals surface area (Å²) < 4.78 is 1.31. The molecule has 5 nitrogen and oxygen atoms in total. The fourth-order valence-corrected chi connectivity index (χ4v) is 4.23. The summed E-state index contributed by atoms with van der Waals surface area (Å²) in [5.74, 6) is 1.35. The summed E-state index contributed by atoms with van der Waals surface area (Å²) in [6.45, 7) is 1.63. The molecule has 0 spiro atoms. The van der Waals surface area contributed by atoms with E-state index in [2.05, 4.69) is 5.10 Å². The lowest BCUT2D eigenvalue weighted by Gasteiger charge is -2.41. The quantitative estimate of drug-likeness (QED) is 0.847. The van der Waals surface area contributed by atoms with Crippen molar-refractivity contribution in [1.29, 1.82) is 0 Å². The maximum Gasteiger partial charge on any atom is 0.274 e. The Hall–Kier alpha value is -2.43. The maximum absolute atomic E-state index is 12.9. The predicted molar refractivity (Wildman–Crippen MR) is 95.8 cm³/mol. The number of nitrogens with zero attached hydrogens (tertiary/aromatic N) is 3. The van der Waals surface area contributed by atoms with Crippen molar-refractivity contribution >= 4 is 5.91 Å². The molecule has 2 aliphatic rings. The van der Waals surface area contributed by atoms with Crippen LogP contribution in [-0.2, 0) is 0 Å². The molecule has 2 aromatic rings. The van der Waals surface area contributed by atoms with Gasteiger partial charge in [0.05, 0.1) is 5.69 Å². The van der Waals surface area contributed by atoms with Crippen molar-refractivity contribution in [2.75, 3.05) is 13.1 Å². The van der Waals surface area contributed by atoms with Gasteiger partial charge in [0.15, 0.2) is 0 Å². The molecule has 2 atom stereocenters. The highest BCUT2D eigenvalue weighted by Crippen LogP contribution is 2.36. The summed E-state index contributed by atoms with van der Waals surface area (Å²) in [5.41, 5.74) is 0.791. The highest BCUT2D eigenvalue weighted by atomic mass is 16.2. The Labute approximate surface area is 147 Å². The lowest BCUT2D eigenvalue weighted by atomic mass is 9.75. The zero-order valence-corrected chi connectivity index (χ0v) is 14.3. The minimum absolute atomic E-state index is 0.0614. The maximum atomic E-state index is 12.9. The van der Waals surface area contributed by atoms with E-state index < -0.39 is 0 Å². The van der Waals surface area contributed by atoms with Gasteiger partial charge in [0, 0.05) is 19.2 Å². The molecule has 5 heteroatoms. The average molecular weight is 337 g/mol. The van der Waals surface area contributed by atoms with E-state index >= 15 is 0 Å². The van der Waals surface area contributed by atoms with Crippen LogP contribution in [0.2, 0.25) is 0 Å². The predicted octanol–water partition coefficient (Wildman–Crippen LogP) is 2.88. The Balaban J connectivity index is 1.57. The largest absolute Gasteiger partial charge is 0.337 e. The van der Waals surface area contributed by atoms with Crippen molar-refractivity contribution in [3.05, 3.63) is 58.5 Å². The lowest BCUT2D eigenvalue weighted by Crippen LogP contribution is -2.45. The number of likely N-dealkylation sites (tertiary alicyclic amines) is 1. The summed E-state index contributed by atoms with van der Waals surface area (Å²) in [6, 6.07) is 12.2. The number of aromatic nitrogens is 2. The molecular weight excluding hydrogens is 314 g/mol. The van der Waals surface area contributed by atoms with Crippen molar-refractivity contribution in [3.63, 3.8) is 0 Å². The van der Waals surface area contributed by atoms with Gasteiger partial charge >= 0.3 is 0 Å². The molecule has 1 saturated heterocycles. The smallest absolute Gasteiger partial charge is 0.274 e. The standard InChI is InChI=1S/C20H23N3O2/c24-19-11-10-18(21-23(19)17-8-2-1-3-9-17)20(25)22-13-12-15-6-4-5-7-16(15)14-22/h1-3,8-11,15-16H,4-7,12-14H2/t15-,16+/m0/s1. The van der Waals surface area contributed by atoms with Crippen LogP contribution in [0.1, 0.15) is 42.6 Å². The number of carbonyl (C=O) groups is 1. The Bertz CT molecular complexity index is 815. The highest BCUT2D eigenvalue weighted by molar-refractivity contribution is 5.92. The number of hydrogen-bond donors (Lipinski definition) is 0. The minimum atomic E-state index is -0.228. The van der Waals surface area contributed by atoms with Gasteiger partial charge in [-0.05, 0) is 42.9 Å². The van der Waals surface area contributed by atoms with Gasteiger partial charge < -0.3 is 4.90 Å². The van der Waals surface area contributed by atoms with E-state index in [9.17, 15) is 9.59 Å². The van der Waals surface area contributed by atoms with E-state index in [0.29, 0.717) is 17.3 Å². The number of hydrogen-bond acceptors (Lipinski definition) is 3. The van der Waals surface area contributed by atoms with Crippen LogP contribution in [0.3, 0.4) is 0 Å². The molecule has 1 aromatic heterocycles. The Morgan fingerprint density at radius 3 is 2.52 bits per heavy atom. The van der Waals surface area contributed by atoms with Crippen molar-refractivity contribution in [2.45, 2.75) is 32.1 Å². The Morgan fingerprint density at radius 2 is 1.72 bits per heavy atom. The van der Waals surface area contributed by atoms with Gasteiger partial charge in [0.1, 0.15) is 5.69 Å². The van der Waals surface area contributed by atoms with Gasteiger partial charge in [0.2, 0.25) is 0 Å². The van der Waals surface area contributed by atoms with Gasteiger partial charge in [-0.15, -0.1) is 0 Å². The second-order valence-corrected chi connectivity index (χ2v) is 7.15. The summed E-state index contributed by atoms with van der Waals surface area (Å²) >= 11 is 0. The van der Waals surface area contributed by atoms with Crippen LogP contribution in [0.4, 0.5) is 0 Å². The van der Waals surface area contributed by atoms with E-state index in [-0.39, 0.29) is 11.5 Å². The third kappa shape index (κ3) is 3.23. The van der Waals surface area contributed by atoms with Gasteiger partial charge in [-0.1, -0.05) is 37.5 Å². The molecule has 25 heavy (non-hydrogen) atoms. The molecule has 2 heterocycles. The first-order valence-corrected chi connectivity index (χ1v) is 9.17. The highest BCUT2D eigenvalue weighted by Gasteiger charge is 2.33. The molecule has 0 radical (unpaired) electrons. The summed E-state index contributed by atoms with van der Waals surface area (Å²) in [5, 5.41) is 4.33. The van der Waals surface area contributed by atoms with Gasteiger partial charge in [0.25, 0.3) is 11.5 Å². The molecule has 1 amide bonds. The molecule has 0 bridgehead atoms. The molecule has 4 rings (SSSR count). The number of amides is 1. The van der Waals surface area contributed by atoms with Crippen LogP contribution in [0.5, 0.6) is 0 Å². The number of carbonyl (C=O) groups excluding carboxylic acids is 1. The van der Waals surface area contributed by atoms with Gasteiger partial charge in [-0.25, -0.2) is 0 Å². The second kappa shape index (κ2) is 6.82. The molecule has 1 aliphatic carbocycles. The first kappa shape index (κ1) is 16.1. The number of benzene rings is 1. The zero-order chi connectivity index (χ0) is 17.2. The summed E-state index contributed by atoms with van der Waals surface area (Å²) in [4.78, 5) is 27.0. The molecule has 0 N–H and O–H groups in total. The number of para-hydroxylation sites is 1. The zero-order valence-electron chi connectivity index (χ0n) is 14.3. The van der Waals surface area contributed by atoms with Crippen molar-refractivity contribution in [2.24, 2.45) is 11.8 Å². The van der Waals surface area contributed by atoms with E-state index in [0.717, 1.165) is 25.4 Å². The first-order chi connectivity index (χ1) is 12.2. The number of rotatable bonds is 2. The number of fused-ring (bicyclic) bond motifs is 1. The molecule has 0 unspecified atom stereocenters. The van der Waals surface area contributed by atoms with Crippen LogP contribution < -0.4 is 5.56 Å². The third-order valence-corrected chi connectivity index (χ3v) is 5.60. The van der Waals surface area contributed by atoms with Crippen LogP contribution in [-0.4, -0.2) is 33.7 Å². The second-order valence-electron chi connectivity index (χ2n) is 7.15. The van der Waals surface area contributed by atoms with Crippen molar-refractivity contribution in [3.8, 4) is 5.69 Å². The monoisotopic (exact) mass is 337 g/mol. The van der Waals surface area contributed by atoms with Gasteiger partial charge in [-0.3, -0.25) is 9.59 Å². The van der Waals surface area contributed by atoms with E-state index in [1.807, 2.05) is 35.2 Å². The van der Waals surface area contributed by atoms with Crippen LogP contribution >= 0.6 is 0 Å². The van der Waals surface area contributed by atoms with Crippen LogP contribution in [0, 0.1) is 11.8 Å². The average Bonchev–Trinajstić information content (AvgIpc) is 2.68. The molecule has 1 aliphatic heterocycles. The summed E-state index contributed by atoms with van der Waals surface area (Å²) in [6.07, 6.45) is 6.24. The molecular formula is C20H23N3O2. The Morgan fingerprint density at radius 1 is 0.960 bits per heavy atom. The van der Waals surface area contributed by atoms with Crippen LogP contribution in [0.15, 0.2) is 47.3 Å². The van der Waals surface area contributed by atoms with Crippen molar-refractivity contribution in [1.82, 2.24) is 14.7 Å². The minimum Gasteiger partial charge on any atom is -0.337 e. The van der Waals surface area contributed by atoms with E-state index in [1.165, 1.54) is 36.4 Å². The molecule has 1 aromatic carbocycles. The topological polar surface area (TPSA) is 55.2 Å². The number of piperidine rings is 1. The third-order valence-electron chi connectivity index (χ3n) is 5.60. The molecule has 130 valence electrons. The fourth-order valence-electron chi connectivity index (χ4n) is 4.23. The summed E-state index contributed by atoms with van der Waals surface area (Å²) in [7, 11) is 0. The van der Waals surface area contributed by atoms with E-state index in [1.54, 1.807) is 6.07 Å². The van der Waals surface area contributed by atoms with Gasteiger partial charge in [-0.2, -0.15) is 9.78 Å². The SMILES string of the molecule is O=C(c1ccc(=O)n(-c2ccccc2)n1)N1CC[C@@H]2CCCC[C@@H]2C1. The first-order valence-electron chi connectivity index (χ1n) is 9.17. The normalized spacial score (nSPS) is 23.1.